The molecule has 0 amide bonds. The normalized spacial score (nSPS) is 35.2. The molecule has 7 nitrogen and oxygen atoms in total. The fourth-order valence-corrected chi connectivity index (χ4v) is 5.65. The Labute approximate surface area is 157 Å². The Morgan fingerprint density at radius 1 is 1.30 bits per heavy atom. The van der Waals surface area contributed by atoms with Gasteiger partial charge in [-0.05, 0) is 61.1 Å². The second kappa shape index (κ2) is 6.21. The summed E-state index contributed by atoms with van der Waals surface area (Å²) in [7, 11) is 0. The van der Waals surface area contributed by atoms with E-state index in [9.17, 15) is 20.1 Å². The smallest absolute Gasteiger partial charge is 0.344 e. The summed E-state index contributed by atoms with van der Waals surface area (Å²) in [5, 5.41) is 43.9. The minimum Gasteiger partial charge on any atom is -0.508 e. The molecule has 0 aliphatic heterocycles. The number of aromatic hydroxyl groups is 1. The first-order valence-electron chi connectivity index (χ1n) is 9.41. The fourth-order valence-electron chi connectivity index (χ4n) is 5.65. The molecule has 2 fully saturated rings. The largest absolute Gasteiger partial charge is 0.508 e. The van der Waals surface area contributed by atoms with Gasteiger partial charge in [0.15, 0.2) is 5.79 Å². The molecule has 0 bridgehead atoms. The lowest BCUT2D eigenvalue weighted by atomic mass is 9.54. The Bertz CT molecular complexity index is 804. The summed E-state index contributed by atoms with van der Waals surface area (Å²) in [6, 6.07) is 5.21. The maximum atomic E-state index is 10.7. The van der Waals surface area contributed by atoms with Gasteiger partial charge in [-0.25, -0.2) is 4.79 Å². The quantitative estimate of drug-likeness (QED) is 0.475. The highest BCUT2D eigenvalue weighted by Gasteiger charge is 2.61. The van der Waals surface area contributed by atoms with E-state index in [1.54, 1.807) is 12.1 Å². The Hall–Kier alpha value is -2.12. The second-order valence-corrected chi connectivity index (χ2v) is 8.37. The lowest BCUT2D eigenvalue weighted by molar-refractivity contribution is -0.241. The van der Waals surface area contributed by atoms with Gasteiger partial charge in [-0.3, -0.25) is 0 Å². The minimum absolute atomic E-state index is 0.129. The molecule has 0 aromatic heterocycles. The summed E-state index contributed by atoms with van der Waals surface area (Å²) in [6.45, 7) is 1.44. The topological polar surface area (TPSA) is 120 Å². The van der Waals surface area contributed by atoms with Gasteiger partial charge in [-0.2, -0.15) is 0 Å². The van der Waals surface area contributed by atoms with Crippen molar-refractivity contribution in [2.24, 2.45) is 22.4 Å². The molecule has 0 saturated heterocycles. The van der Waals surface area contributed by atoms with Crippen LogP contribution in [0.15, 0.2) is 23.4 Å². The molecule has 4 unspecified atom stereocenters. The summed E-state index contributed by atoms with van der Waals surface area (Å²) in [6.07, 6.45) is 3.23. The van der Waals surface area contributed by atoms with Crippen molar-refractivity contribution in [1.82, 2.24) is 0 Å². The second-order valence-electron chi connectivity index (χ2n) is 8.37. The van der Waals surface area contributed by atoms with Crippen LogP contribution in [0.1, 0.15) is 56.1 Å². The summed E-state index contributed by atoms with van der Waals surface area (Å²) in [5.41, 5.74) is 1.91. The van der Waals surface area contributed by atoms with Gasteiger partial charge in [-0.15, -0.1) is 0 Å². The fraction of sp³-hybridized carbons (Fsp3) is 0.600. The van der Waals surface area contributed by atoms with Crippen LogP contribution in [0.2, 0.25) is 0 Å². The number of phenolic OH excluding ortho intramolecular Hbond substituents is 1. The van der Waals surface area contributed by atoms with Crippen molar-refractivity contribution >= 4 is 11.7 Å². The van der Waals surface area contributed by atoms with E-state index in [1.807, 2.05) is 13.0 Å². The van der Waals surface area contributed by atoms with E-state index in [0.29, 0.717) is 18.6 Å². The van der Waals surface area contributed by atoms with Crippen LogP contribution in [0.4, 0.5) is 0 Å². The molecule has 0 radical (unpaired) electrons. The van der Waals surface area contributed by atoms with Gasteiger partial charge in [0.25, 0.3) is 0 Å². The van der Waals surface area contributed by atoms with Crippen molar-refractivity contribution < 1.29 is 30.1 Å². The van der Waals surface area contributed by atoms with Crippen LogP contribution in [-0.4, -0.2) is 44.5 Å². The third-order valence-electron chi connectivity index (χ3n) is 7.08. The van der Waals surface area contributed by atoms with Crippen molar-refractivity contribution in [2.45, 2.75) is 50.7 Å². The molecule has 1 aromatic carbocycles. The van der Waals surface area contributed by atoms with E-state index < -0.39 is 23.8 Å². The predicted octanol–water partition coefficient (Wildman–Crippen LogP) is 2.19. The summed E-state index contributed by atoms with van der Waals surface area (Å²) < 4.78 is 0. The minimum atomic E-state index is -1.66. The number of carboxylic acid groups (broad SMARTS) is 1. The van der Waals surface area contributed by atoms with Crippen molar-refractivity contribution in [3.05, 3.63) is 29.3 Å². The number of phenols is 1. The number of oxime groups is 1. The maximum Gasteiger partial charge on any atom is 0.344 e. The molecule has 0 heterocycles. The van der Waals surface area contributed by atoms with E-state index in [4.69, 9.17) is 9.94 Å². The number of benzene rings is 1. The lowest BCUT2D eigenvalue weighted by Gasteiger charge is -2.51. The Morgan fingerprint density at radius 2 is 2.07 bits per heavy atom. The summed E-state index contributed by atoms with van der Waals surface area (Å²) in [5.74, 6) is -2.06. The molecule has 146 valence electrons. The van der Waals surface area contributed by atoms with Crippen molar-refractivity contribution in [3.8, 4) is 5.75 Å². The van der Waals surface area contributed by atoms with Crippen LogP contribution >= 0.6 is 0 Å². The van der Waals surface area contributed by atoms with Gasteiger partial charge in [0.05, 0.1) is 5.71 Å². The molecular formula is C20H25NO6. The highest BCUT2D eigenvalue weighted by Crippen LogP contribution is 2.63. The standard InChI is InChI=1S/C20H25NO6/c1-19-6-4-13-12-3-2-11(22)8-15(12)17(21-27-10-18(23)24)9-14(13)16(19)5-7-20(19,25)26/h2-3,8,13-14,16,22,25-26H,4-7,9-10H2,1H3,(H,23,24). The highest BCUT2D eigenvalue weighted by atomic mass is 16.6. The van der Waals surface area contributed by atoms with Gasteiger partial charge in [0.2, 0.25) is 6.61 Å². The van der Waals surface area contributed by atoms with Crippen LogP contribution in [-0.2, 0) is 9.63 Å². The molecule has 27 heavy (non-hydrogen) atoms. The summed E-state index contributed by atoms with van der Waals surface area (Å²) >= 11 is 0. The predicted molar refractivity (Wildman–Crippen MR) is 96.3 cm³/mol. The van der Waals surface area contributed by atoms with Crippen LogP contribution < -0.4 is 0 Å². The summed E-state index contributed by atoms with van der Waals surface area (Å²) in [4.78, 5) is 15.7. The van der Waals surface area contributed by atoms with Gasteiger partial charge < -0.3 is 25.3 Å². The number of hydrogen-bond donors (Lipinski definition) is 4. The first-order valence-corrected chi connectivity index (χ1v) is 9.41. The number of nitrogens with zero attached hydrogens (tertiary/aromatic N) is 1. The van der Waals surface area contributed by atoms with Gasteiger partial charge in [0, 0.05) is 17.4 Å². The van der Waals surface area contributed by atoms with Gasteiger partial charge in [-0.1, -0.05) is 18.1 Å². The molecule has 0 spiro atoms. The van der Waals surface area contributed by atoms with Gasteiger partial charge in [0.1, 0.15) is 5.75 Å². The first kappa shape index (κ1) is 18.3. The molecule has 7 heteroatoms. The lowest BCUT2D eigenvalue weighted by Crippen LogP contribution is -2.51. The Kier molecular flexibility index (Phi) is 4.20. The van der Waals surface area contributed by atoms with Crippen molar-refractivity contribution in [3.63, 3.8) is 0 Å². The van der Waals surface area contributed by atoms with E-state index >= 15 is 0 Å². The third-order valence-corrected chi connectivity index (χ3v) is 7.08. The zero-order valence-electron chi connectivity index (χ0n) is 15.3. The number of hydrogen-bond acceptors (Lipinski definition) is 6. The van der Waals surface area contributed by atoms with Crippen LogP contribution in [0.25, 0.3) is 0 Å². The van der Waals surface area contributed by atoms with Gasteiger partial charge >= 0.3 is 5.97 Å². The first-order chi connectivity index (χ1) is 12.7. The van der Waals surface area contributed by atoms with Crippen LogP contribution in [0.3, 0.4) is 0 Å². The number of rotatable bonds is 3. The molecule has 3 aliphatic carbocycles. The van der Waals surface area contributed by atoms with E-state index in [1.165, 1.54) is 0 Å². The van der Waals surface area contributed by atoms with Crippen molar-refractivity contribution in [1.29, 1.82) is 0 Å². The molecular weight excluding hydrogens is 350 g/mol. The SMILES string of the molecule is CC12CCC3c4ccc(O)cc4C(=NOCC(=O)O)CC3C1CCC2(O)O. The number of carbonyl (C=O) groups is 1. The number of fused-ring (bicyclic) bond motifs is 5. The van der Waals surface area contributed by atoms with Crippen molar-refractivity contribution in [2.75, 3.05) is 6.61 Å². The molecule has 4 atom stereocenters. The molecule has 4 N–H and O–H groups in total. The number of carboxylic acids is 1. The number of aliphatic carboxylic acids is 1. The van der Waals surface area contributed by atoms with Crippen LogP contribution in [0.5, 0.6) is 5.75 Å². The van der Waals surface area contributed by atoms with Crippen LogP contribution in [0, 0.1) is 17.3 Å². The van der Waals surface area contributed by atoms with E-state index in [2.05, 4.69) is 5.16 Å². The highest BCUT2D eigenvalue weighted by molar-refractivity contribution is 6.03. The van der Waals surface area contributed by atoms with E-state index in [-0.39, 0.29) is 23.5 Å². The average molecular weight is 375 g/mol. The zero-order chi connectivity index (χ0) is 19.4. The Balaban J connectivity index is 1.73. The zero-order valence-corrected chi connectivity index (χ0v) is 15.3. The molecule has 3 aliphatic rings. The third kappa shape index (κ3) is 2.80. The van der Waals surface area contributed by atoms with E-state index in [0.717, 1.165) is 30.4 Å². The average Bonchev–Trinajstić information content (AvgIpc) is 2.84. The monoisotopic (exact) mass is 375 g/mol. The number of aliphatic hydroxyl groups is 2. The Morgan fingerprint density at radius 3 is 2.81 bits per heavy atom. The molecule has 2 saturated carbocycles. The molecule has 1 aromatic rings. The maximum absolute atomic E-state index is 10.7. The molecule has 4 rings (SSSR count).